The summed E-state index contributed by atoms with van der Waals surface area (Å²) in [6, 6.07) is 8.70. The van der Waals surface area contributed by atoms with E-state index in [0.29, 0.717) is 6.54 Å². The van der Waals surface area contributed by atoms with Gasteiger partial charge in [0.15, 0.2) is 0 Å². The summed E-state index contributed by atoms with van der Waals surface area (Å²) in [6.45, 7) is 0.861. The van der Waals surface area contributed by atoms with E-state index in [1.165, 1.54) is 6.07 Å². The number of carbonyl (C=O) groups is 1. The summed E-state index contributed by atoms with van der Waals surface area (Å²) in [5, 5.41) is 15.7. The zero-order valence-electron chi connectivity index (χ0n) is 12.2. The zero-order chi connectivity index (χ0) is 15.6. The number of fused-ring (bicyclic) bond motifs is 1. The van der Waals surface area contributed by atoms with Crippen molar-refractivity contribution < 1.29 is 9.90 Å². The number of amides is 2. The summed E-state index contributed by atoms with van der Waals surface area (Å²) >= 11 is 0. The molecule has 2 amide bonds. The molecule has 0 bridgehead atoms. The Bertz CT molecular complexity index is 750. The number of hydrogen-bond acceptors (Lipinski definition) is 3. The highest BCUT2D eigenvalue weighted by Crippen LogP contribution is 2.44. The second-order valence-corrected chi connectivity index (χ2v) is 5.90. The van der Waals surface area contributed by atoms with Crippen LogP contribution in [0.4, 0.5) is 4.79 Å². The van der Waals surface area contributed by atoms with Crippen molar-refractivity contribution in [2.75, 3.05) is 13.2 Å². The lowest BCUT2D eigenvalue weighted by atomic mass is 10.1. The lowest BCUT2D eigenvalue weighted by Crippen LogP contribution is -2.39. The van der Waals surface area contributed by atoms with Gasteiger partial charge in [0, 0.05) is 35.5 Å². The van der Waals surface area contributed by atoms with Gasteiger partial charge in [0.05, 0.1) is 6.61 Å². The highest BCUT2D eigenvalue weighted by atomic mass is 16.3. The Hall–Kier alpha value is -2.34. The van der Waals surface area contributed by atoms with E-state index in [2.05, 4.69) is 15.6 Å². The molecule has 2 aromatic rings. The van der Waals surface area contributed by atoms with E-state index in [1.54, 1.807) is 0 Å². The molecule has 1 heterocycles. The quantitative estimate of drug-likeness (QED) is 0.666. The summed E-state index contributed by atoms with van der Waals surface area (Å²) in [6.07, 6.45) is 1.89. The first-order chi connectivity index (χ1) is 10.6. The maximum absolute atomic E-state index is 11.8. The predicted octanol–water partition coefficient (Wildman–Crippen LogP) is 1.10. The summed E-state index contributed by atoms with van der Waals surface area (Å²) in [7, 11) is 0. The third kappa shape index (κ3) is 3.12. The van der Waals surface area contributed by atoms with Crippen LogP contribution < -0.4 is 16.2 Å². The van der Waals surface area contributed by atoms with Crippen molar-refractivity contribution in [2.45, 2.75) is 19.4 Å². The largest absolute Gasteiger partial charge is 0.396 e. The van der Waals surface area contributed by atoms with E-state index in [9.17, 15) is 14.7 Å². The number of rotatable bonds is 5. The lowest BCUT2D eigenvalue weighted by Gasteiger charge is -2.14. The number of nitrogens with one attached hydrogen (secondary N) is 3. The van der Waals surface area contributed by atoms with Gasteiger partial charge in [0.2, 0.25) is 5.56 Å². The molecule has 0 saturated heterocycles. The minimum absolute atomic E-state index is 0.103. The first-order valence-electron chi connectivity index (χ1n) is 7.35. The van der Waals surface area contributed by atoms with Crippen molar-refractivity contribution in [3.63, 3.8) is 0 Å². The van der Waals surface area contributed by atoms with Crippen LogP contribution in [-0.4, -0.2) is 29.3 Å². The molecule has 6 heteroatoms. The third-order valence-electron chi connectivity index (χ3n) is 4.19. The van der Waals surface area contributed by atoms with Crippen LogP contribution in [0.3, 0.4) is 0 Å². The SMILES string of the molecule is O=C(NCc1cc(=O)[nH]c2ccccc12)NCC1(CO)CC1. The Balaban J connectivity index is 1.64. The van der Waals surface area contributed by atoms with Crippen molar-refractivity contribution in [2.24, 2.45) is 5.41 Å². The van der Waals surface area contributed by atoms with Crippen LogP contribution in [0.25, 0.3) is 10.9 Å². The Morgan fingerprint density at radius 3 is 2.77 bits per heavy atom. The molecule has 22 heavy (non-hydrogen) atoms. The fourth-order valence-corrected chi connectivity index (χ4v) is 2.50. The second kappa shape index (κ2) is 5.81. The predicted molar refractivity (Wildman–Crippen MR) is 83.6 cm³/mol. The Kier molecular flexibility index (Phi) is 3.85. The molecule has 0 radical (unpaired) electrons. The highest BCUT2D eigenvalue weighted by Gasteiger charge is 2.42. The number of aliphatic hydroxyl groups excluding tert-OH is 1. The molecule has 1 aliphatic rings. The zero-order valence-corrected chi connectivity index (χ0v) is 12.2. The Morgan fingerprint density at radius 1 is 1.27 bits per heavy atom. The third-order valence-corrected chi connectivity index (χ3v) is 4.19. The topological polar surface area (TPSA) is 94.2 Å². The molecule has 4 N–H and O–H groups in total. The van der Waals surface area contributed by atoms with Crippen LogP contribution >= 0.6 is 0 Å². The molecule has 0 atom stereocenters. The van der Waals surface area contributed by atoms with Crippen molar-refractivity contribution in [1.29, 1.82) is 0 Å². The number of carbonyl (C=O) groups excluding carboxylic acids is 1. The van der Waals surface area contributed by atoms with Gasteiger partial charge in [-0.15, -0.1) is 0 Å². The molecule has 1 saturated carbocycles. The molecule has 1 aliphatic carbocycles. The average molecular weight is 301 g/mol. The first kappa shape index (κ1) is 14.6. The molecule has 0 unspecified atom stereocenters. The number of H-pyrrole nitrogens is 1. The van der Waals surface area contributed by atoms with Crippen molar-refractivity contribution in [3.05, 3.63) is 46.2 Å². The summed E-state index contributed by atoms with van der Waals surface area (Å²) in [5.41, 5.74) is 1.23. The molecule has 3 rings (SSSR count). The smallest absolute Gasteiger partial charge is 0.315 e. The van der Waals surface area contributed by atoms with E-state index in [-0.39, 0.29) is 30.2 Å². The molecule has 0 spiro atoms. The van der Waals surface area contributed by atoms with Gasteiger partial charge in [-0.1, -0.05) is 18.2 Å². The molecular weight excluding hydrogens is 282 g/mol. The number of urea groups is 1. The number of pyridine rings is 1. The van der Waals surface area contributed by atoms with Crippen LogP contribution in [0, 0.1) is 5.41 Å². The number of para-hydroxylation sites is 1. The fourth-order valence-electron chi connectivity index (χ4n) is 2.50. The normalized spacial score (nSPS) is 15.5. The average Bonchev–Trinajstić information content (AvgIpc) is 3.31. The van der Waals surface area contributed by atoms with Gasteiger partial charge >= 0.3 is 6.03 Å². The minimum Gasteiger partial charge on any atom is -0.396 e. The summed E-state index contributed by atoms with van der Waals surface area (Å²) < 4.78 is 0. The number of aromatic nitrogens is 1. The highest BCUT2D eigenvalue weighted by molar-refractivity contribution is 5.82. The maximum Gasteiger partial charge on any atom is 0.315 e. The van der Waals surface area contributed by atoms with E-state index in [0.717, 1.165) is 29.3 Å². The van der Waals surface area contributed by atoms with E-state index < -0.39 is 0 Å². The molecule has 0 aliphatic heterocycles. The van der Waals surface area contributed by atoms with Gasteiger partial charge in [0.25, 0.3) is 0 Å². The molecule has 1 aromatic heterocycles. The van der Waals surface area contributed by atoms with Crippen molar-refractivity contribution >= 4 is 16.9 Å². The number of hydrogen-bond donors (Lipinski definition) is 4. The van der Waals surface area contributed by atoms with E-state index in [1.807, 2.05) is 24.3 Å². The molecule has 1 fully saturated rings. The number of benzene rings is 1. The van der Waals surface area contributed by atoms with Gasteiger partial charge in [-0.05, 0) is 24.5 Å². The van der Waals surface area contributed by atoms with Crippen LogP contribution in [-0.2, 0) is 6.54 Å². The number of aromatic amines is 1. The minimum atomic E-state index is -0.288. The molecule has 116 valence electrons. The first-order valence-corrected chi connectivity index (χ1v) is 7.35. The maximum atomic E-state index is 11.8. The van der Waals surface area contributed by atoms with Crippen molar-refractivity contribution in [3.8, 4) is 0 Å². The monoisotopic (exact) mass is 301 g/mol. The second-order valence-electron chi connectivity index (χ2n) is 5.90. The van der Waals surface area contributed by atoms with Crippen LogP contribution in [0.2, 0.25) is 0 Å². The molecule has 6 nitrogen and oxygen atoms in total. The summed E-state index contributed by atoms with van der Waals surface area (Å²) in [4.78, 5) is 26.2. The van der Waals surface area contributed by atoms with Gasteiger partial charge in [-0.3, -0.25) is 4.79 Å². The molecule has 1 aromatic carbocycles. The van der Waals surface area contributed by atoms with Gasteiger partial charge in [-0.25, -0.2) is 4.79 Å². The standard InChI is InChI=1S/C16H19N3O3/c20-10-16(5-6-16)9-18-15(22)17-8-11-7-14(21)19-13-4-2-1-3-12(11)13/h1-4,7,20H,5-6,8-10H2,(H,19,21)(H2,17,18,22). The Labute approximate surface area is 127 Å². The van der Waals surface area contributed by atoms with Crippen LogP contribution in [0.5, 0.6) is 0 Å². The van der Waals surface area contributed by atoms with Crippen molar-refractivity contribution in [1.82, 2.24) is 15.6 Å². The molecular formula is C16H19N3O3. The van der Waals surface area contributed by atoms with Gasteiger partial charge < -0.3 is 20.7 Å². The summed E-state index contributed by atoms with van der Waals surface area (Å²) in [5.74, 6) is 0. The lowest BCUT2D eigenvalue weighted by molar-refractivity contribution is 0.203. The fraction of sp³-hybridized carbons (Fsp3) is 0.375. The van der Waals surface area contributed by atoms with Crippen LogP contribution in [0.15, 0.2) is 35.1 Å². The van der Waals surface area contributed by atoms with E-state index in [4.69, 9.17) is 0 Å². The van der Waals surface area contributed by atoms with Gasteiger partial charge in [0.1, 0.15) is 0 Å². The number of aliphatic hydroxyl groups is 1. The van der Waals surface area contributed by atoms with Crippen LogP contribution in [0.1, 0.15) is 18.4 Å². The Morgan fingerprint density at radius 2 is 2.05 bits per heavy atom. The van der Waals surface area contributed by atoms with Gasteiger partial charge in [-0.2, -0.15) is 0 Å². The van der Waals surface area contributed by atoms with E-state index >= 15 is 0 Å².